The molecule has 0 radical (unpaired) electrons. The summed E-state index contributed by atoms with van der Waals surface area (Å²) in [7, 11) is 7.78. The summed E-state index contributed by atoms with van der Waals surface area (Å²) in [4.78, 5) is 30.9. The van der Waals surface area contributed by atoms with Gasteiger partial charge in [0.2, 0.25) is 0 Å². The minimum atomic E-state index is -0.621. The zero-order valence-electron chi connectivity index (χ0n) is 22.3. The molecule has 11 heteroatoms. The summed E-state index contributed by atoms with van der Waals surface area (Å²) in [6.45, 7) is 6.54. The molecule has 0 aromatic heterocycles. The maximum atomic E-state index is 13.3. The third-order valence-electron chi connectivity index (χ3n) is 6.54. The van der Waals surface area contributed by atoms with Gasteiger partial charge in [0.15, 0.2) is 0 Å². The van der Waals surface area contributed by atoms with Crippen molar-refractivity contribution in [1.29, 1.82) is 0 Å². The second-order valence-corrected chi connectivity index (χ2v) is 9.26. The van der Waals surface area contributed by atoms with Gasteiger partial charge in [-0.05, 0) is 47.1 Å². The first-order valence-electron chi connectivity index (χ1n) is 12.5. The average Bonchev–Trinajstić information content (AvgIpc) is 3.17. The molecule has 3 atom stereocenters. The molecule has 36 heavy (non-hydrogen) atoms. The van der Waals surface area contributed by atoms with Crippen LogP contribution >= 0.6 is 0 Å². The van der Waals surface area contributed by atoms with Crippen LogP contribution in [0.3, 0.4) is 0 Å². The number of ether oxygens (including phenoxy) is 2. The van der Waals surface area contributed by atoms with Gasteiger partial charge >= 0.3 is 6.09 Å². The first-order valence-corrected chi connectivity index (χ1v) is 12.5. The van der Waals surface area contributed by atoms with Gasteiger partial charge in [-0.3, -0.25) is 15.0 Å². The van der Waals surface area contributed by atoms with E-state index in [1.807, 2.05) is 18.2 Å². The van der Waals surface area contributed by atoms with Gasteiger partial charge in [-0.1, -0.05) is 18.2 Å². The monoisotopic (exact) mass is 503 g/mol. The topological polar surface area (TPSA) is 102 Å². The largest absolute Gasteiger partial charge is 0.448 e. The van der Waals surface area contributed by atoms with E-state index in [1.165, 1.54) is 5.01 Å². The summed E-state index contributed by atoms with van der Waals surface area (Å²) in [5.74, 6) is -0.231. The molecule has 1 aromatic carbocycles. The van der Waals surface area contributed by atoms with Crippen molar-refractivity contribution >= 4 is 12.0 Å². The van der Waals surface area contributed by atoms with Crippen LogP contribution in [0.25, 0.3) is 0 Å². The first kappa shape index (κ1) is 28.0. The van der Waals surface area contributed by atoms with E-state index in [-0.39, 0.29) is 18.7 Å². The van der Waals surface area contributed by atoms with E-state index in [2.05, 4.69) is 53.9 Å². The molecule has 3 N–H and O–H groups in total. The Kier molecular flexibility index (Phi) is 10.2. The third-order valence-corrected chi connectivity index (χ3v) is 6.54. The highest BCUT2D eigenvalue weighted by atomic mass is 16.6. The van der Waals surface area contributed by atoms with Gasteiger partial charge < -0.3 is 19.7 Å². The standard InChI is InChI=1S/C25H41N7O4/c1-7-36-25(34)31-20-13-14-26-22(30(5)17-18(2)29(3)4)21(20)23(32(31)27-15-16-35-6)28-24(33)19-11-9-8-10-12-19/h8-12,18,22-23,26-27H,7,13-17H2,1-6H3,(H,28,33). The Hall–Kier alpha value is -2.54. The number of likely N-dealkylation sites (N-methyl/N-ethyl adjacent to an activating group) is 2. The molecule has 11 nitrogen and oxygen atoms in total. The molecule has 2 amide bonds. The van der Waals surface area contributed by atoms with Crippen LogP contribution in [0.5, 0.6) is 0 Å². The summed E-state index contributed by atoms with van der Waals surface area (Å²) >= 11 is 0. The molecule has 3 rings (SSSR count). The van der Waals surface area contributed by atoms with Crippen molar-refractivity contribution in [2.45, 2.75) is 38.6 Å². The highest BCUT2D eigenvalue weighted by Crippen LogP contribution is 2.35. The van der Waals surface area contributed by atoms with Crippen molar-refractivity contribution in [1.82, 2.24) is 36.0 Å². The van der Waals surface area contributed by atoms with Crippen LogP contribution in [0.1, 0.15) is 30.6 Å². The summed E-state index contributed by atoms with van der Waals surface area (Å²) in [6.07, 6.45) is -0.689. The van der Waals surface area contributed by atoms with E-state index in [9.17, 15) is 9.59 Å². The lowest BCUT2D eigenvalue weighted by Gasteiger charge is -2.38. The fourth-order valence-electron chi connectivity index (χ4n) is 4.47. The number of benzene rings is 1. The summed E-state index contributed by atoms with van der Waals surface area (Å²) in [6, 6.07) is 9.37. The summed E-state index contributed by atoms with van der Waals surface area (Å²) in [5, 5.41) is 9.96. The normalized spacial score (nSPS) is 21.2. The van der Waals surface area contributed by atoms with E-state index < -0.39 is 12.3 Å². The summed E-state index contributed by atoms with van der Waals surface area (Å²) in [5.41, 5.74) is 5.56. The fourth-order valence-corrected chi connectivity index (χ4v) is 4.47. The van der Waals surface area contributed by atoms with Gasteiger partial charge in [0, 0.05) is 50.3 Å². The average molecular weight is 504 g/mol. The Labute approximate surface area is 214 Å². The molecule has 0 spiro atoms. The molecule has 2 aliphatic rings. The molecule has 0 bridgehead atoms. The van der Waals surface area contributed by atoms with Crippen LogP contribution in [0.2, 0.25) is 0 Å². The molecule has 0 aliphatic carbocycles. The van der Waals surface area contributed by atoms with Crippen molar-refractivity contribution in [3.8, 4) is 0 Å². The molecule has 0 fully saturated rings. The number of carbonyl (C=O) groups is 2. The Balaban J connectivity index is 2.01. The lowest BCUT2D eigenvalue weighted by Crippen LogP contribution is -2.61. The van der Waals surface area contributed by atoms with Gasteiger partial charge in [0.05, 0.1) is 25.1 Å². The number of methoxy groups -OCH3 is 1. The van der Waals surface area contributed by atoms with E-state index in [0.717, 1.165) is 17.8 Å². The van der Waals surface area contributed by atoms with Crippen LogP contribution < -0.4 is 16.1 Å². The quantitative estimate of drug-likeness (QED) is 0.382. The van der Waals surface area contributed by atoms with E-state index in [4.69, 9.17) is 9.47 Å². The molecular formula is C25H41N7O4. The molecule has 3 unspecified atom stereocenters. The van der Waals surface area contributed by atoms with Crippen LogP contribution in [-0.2, 0) is 9.47 Å². The molecular weight excluding hydrogens is 462 g/mol. The Morgan fingerprint density at radius 3 is 2.58 bits per heavy atom. The Bertz CT molecular complexity index is 911. The zero-order chi connectivity index (χ0) is 26.2. The summed E-state index contributed by atoms with van der Waals surface area (Å²) < 4.78 is 10.7. The SMILES string of the molecule is CCOC(=O)N1C2=C(C(N(C)CC(C)N(C)C)NCC2)C(NC(=O)c2ccccc2)N1NCCOC. The molecule has 0 saturated carbocycles. The van der Waals surface area contributed by atoms with Crippen molar-refractivity contribution in [3.05, 3.63) is 47.2 Å². The minimum Gasteiger partial charge on any atom is -0.448 e. The van der Waals surface area contributed by atoms with Gasteiger partial charge in [-0.25, -0.2) is 10.2 Å². The minimum absolute atomic E-state index is 0.191. The maximum Gasteiger partial charge on any atom is 0.430 e. The van der Waals surface area contributed by atoms with Gasteiger partial charge in [-0.15, -0.1) is 5.12 Å². The number of carbonyl (C=O) groups excluding carboxylic acids is 2. The predicted octanol–water partition coefficient (Wildman–Crippen LogP) is 1.04. The predicted molar refractivity (Wildman–Crippen MR) is 137 cm³/mol. The second-order valence-electron chi connectivity index (χ2n) is 9.26. The Morgan fingerprint density at radius 1 is 1.22 bits per heavy atom. The number of nitrogens with one attached hydrogen (secondary N) is 3. The highest BCUT2D eigenvalue weighted by molar-refractivity contribution is 5.94. The molecule has 2 aliphatic heterocycles. The molecule has 1 aromatic rings. The third kappa shape index (κ3) is 6.41. The van der Waals surface area contributed by atoms with Crippen LogP contribution in [-0.4, -0.2) is 111 Å². The lowest BCUT2D eigenvalue weighted by atomic mass is 10.0. The zero-order valence-corrected chi connectivity index (χ0v) is 22.3. The number of hydrazine groups is 2. The van der Waals surface area contributed by atoms with Crippen LogP contribution in [0.4, 0.5) is 4.79 Å². The van der Waals surface area contributed by atoms with Crippen molar-refractivity contribution < 1.29 is 19.1 Å². The first-order chi connectivity index (χ1) is 17.3. The van der Waals surface area contributed by atoms with E-state index in [1.54, 1.807) is 31.3 Å². The van der Waals surface area contributed by atoms with E-state index >= 15 is 0 Å². The fraction of sp³-hybridized carbons (Fsp3) is 0.600. The van der Waals surface area contributed by atoms with E-state index in [0.29, 0.717) is 37.7 Å². The molecule has 0 saturated heterocycles. The number of nitrogens with zero attached hydrogens (tertiary/aromatic N) is 4. The maximum absolute atomic E-state index is 13.3. The molecule has 200 valence electrons. The number of hydrogen-bond donors (Lipinski definition) is 3. The smallest absolute Gasteiger partial charge is 0.430 e. The molecule has 2 heterocycles. The number of hydrogen-bond acceptors (Lipinski definition) is 9. The number of amides is 2. The van der Waals surface area contributed by atoms with Crippen molar-refractivity contribution in [3.63, 3.8) is 0 Å². The van der Waals surface area contributed by atoms with Crippen LogP contribution in [0.15, 0.2) is 41.6 Å². The van der Waals surface area contributed by atoms with Crippen molar-refractivity contribution in [2.24, 2.45) is 0 Å². The van der Waals surface area contributed by atoms with Crippen molar-refractivity contribution in [2.75, 3.05) is 61.1 Å². The van der Waals surface area contributed by atoms with Gasteiger partial charge in [-0.2, -0.15) is 5.01 Å². The lowest BCUT2D eigenvalue weighted by molar-refractivity contribution is -0.0505. The second kappa shape index (κ2) is 13.1. The number of rotatable bonds is 11. The van der Waals surface area contributed by atoms with Crippen LogP contribution in [0, 0.1) is 0 Å². The highest BCUT2D eigenvalue weighted by Gasteiger charge is 2.48. The van der Waals surface area contributed by atoms with Gasteiger partial charge in [0.25, 0.3) is 5.91 Å². The van der Waals surface area contributed by atoms with Gasteiger partial charge in [0.1, 0.15) is 6.17 Å². The Morgan fingerprint density at radius 2 is 1.94 bits per heavy atom.